The summed E-state index contributed by atoms with van der Waals surface area (Å²) in [6.45, 7) is 1.82. The Morgan fingerprint density at radius 1 is 1.50 bits per heavy atom. The highest BCUT2D eigenvalue weighted by atomic mass is 35.5. The second-order valence-corrected chi connectivity index (χ2v) is 5.42. The Bertz CT molecular complexity index is 473. The van der Waals surface area contributed by atoms with Crippen molar-refractivity contribution in [2.75, 3.05) is 5.32 Å². The van der Waals surface area contributed by atoms with Crippen LogP contribution in [0.1, 0.15) is 25.0 Å². The van der Waals surface area contributed by atoms with Crippen LogP contribution in [0.25, 0.3) is 0 Å². The minimum atomic E-state index is -0.00336. The number of anilines is 1. The third kappa shape index (κ3) is 2.20. The van der Waals surface area contributed by atoms with E-state index in [4.69, 9.17) is 11.6 Å². The van der Waals surface area contributed by atoms with Crippen LogP contribution in [0, 0.1) is 12.8 Å². The molecule has 2 saturated heterocycles. The summed E-state index contributed by atoms with van der Waals surface area (Å²) in [5, 5.41) is 6.56. The Hall–Kier alpha value is -1.20. The molecule has 1 amide bonds. The van der Waals surface area contributed by atoms with Gasteiger partial charge in [-0.2, -0.15) is 0 Å². The summed E-state index contributed by atoms with van der Waals surface area (Å²) >= 11 is 5.84. The normalized spacial score (nSPS) is 29.6. The van der Waals surface area contributed by atoms with Gasteiger partial charge in [0.05, 0.1) is 5.92 Å². The summed E-state index contributed by atoms with van der Waals surface area (Å²) in [6, 6.07) is 2.49. The number of carbonyl (C=O) groups excluding carboxylic acids is 1. The predicted octanol–water partition coefficient (Wildman–Crippen LogP) is 1.52. The van der Waals surface area contributed by atoms with Crippen LogP contribution in [0.15, 0.2) is 6.07 Å². The van der Waals surface area contributed by atoms with E-state index in [9.17, 15) is 4.79 Å². The van der Waals surface area contributed by atoms with Crippen molar-refractivity contribution >= 4 is 23.5 Å². The fourth-order valence-corrected chi connectivity index (χ4v) is 3.14. The monoisotopic (exact) mass is 266 g/mol. The van der Waals surface area contributed by atoms with Gasteiger partial charge in [-0.05, 0) is 32.3 Å². The van der Waals surface area contributed by atoms with Crippen LogP contribution in [0.2, 0.25) is 5.15 Å². The van der Waals surface area contributed by atoms with Gasteiger partial charge in [0, 0.05) is 17.8 Å². The summed E-state index contributed by atoms with van der Waals surface area (Å²) in [5.74, 6) is 0.329. The molecule has 5 nitrogen and oxygen atoms in total. The zero-order valence-corrected chi connectivity index (χ0v) is 10.9. The van der Waals surface area contributed by atoms with Crippen LogP contribution in [0.5, 0.6) is 0 Å². The maximum atomic E-state index is 12.2. The van der Waals surface area contributed by atoms with Crippen molar-refractivity contribution in [2.45, 2.75) is 38.3 Å². The number of carbonyl (C=O) groups is 1. The van der Waals surface area contributed by atoms with Crippen LogP contribution in [-0.4, -0.2) is 28.0 Å². The van der Waals surface area contributed by atoms with Crippen molar-refractivity contribution in [2.24, 2.45) is 5.92 Å². The van der Waals surface area contributed by atoms with Crippen molar-refractivity contribution in [1.82, 2.24) is 15.3 Å². The SMILES string of the molecule is Cc1cc(Cl)nc(NC(=O)C2CC3CCC2N3)n1. The molecule has 3 atom stereocenters. The molecule has 3 unspecified atom stereocenters. The van der Waals surface area contributed by atoms with E-state index in [1.165, 1.54) is 6.42 Å². The van der Waals surface area contributed by atoms with Gasteiger partial charge in [-0.25, -0.2) is 9.97 Å². The molecule has 96 valence electrons. The van der Waals surface area contributed by atoms with E-state index < -0.39 is 0 Å². The molecule has 2 aliphatic heterocycles. The minimum absolute atomic E-state index is 0.00336. The molecule has 0 radical (unpaired) electrons. The second-order valence-electron chi connectivity index (χ2n) is 5.03. The first kappa shape index (κ1) is 11.9. The summed E-state index contributed by atoms with van der Waals surface area (Å²) in [6.07, 6.45) is 3.18. The van der Waals surface area contributed by atoms with Gasteiger partial charge in [0.1, 0.15) is 5.15 Å². The molecule has 2 bridgehead atoms. The first-order chi connectivity index (χ1) is 8.61. The van der Waals surface area contributed by atoms with Crippen molar-refractivity contribution in [3.63, 3.8) is 0 Å². The van der Waals surface area contributed by atoms with Crippen molar-refractivity contribution < 1.29 is 4.79 Å². The molecule has 3 heterocycles. The molecule has 3 rings (SSSR count). The lowest BCUT2D eigenvalue weighted by atomic mass is 9.88. The van der Waals surface area contributed by atoms with Crippen molar-refractivity contribution in [1.29, 1.82) is 0 Å². The Balaban J connectivity index is 1.70. The highest BCUT2D eigenvalue weighted by molar-refractivity contribution is 6.29. The molecule has 0 aromatic carbocycles. The molecule has 2 aliphatic rings. The molecule has 6 heteroatoms. The van der Waals surface area contributed by atoms with Gasteiger partial charge in [-0.1, -0.05) is 11.6 Å². The van der Waals surface area contributed by atoms with E-state index in [1.807, 2.05) is 6.92 Å². The molecule has 1 aromatic rings. The third-order valence-electron chi connectivity index (χ3n) is 3.69. The van der Waals surface area contributed by atoms with Gasteiger partial charge >= 0.3 is 0 Å². The lowest BCUT2D eigenvalue weighted by Crippen LogP contribution is -2.33. The second kappa shape index (κ2) is 4.48. The molecule has 2 N–H and O–H groups in total. The summed E-state index contributed by atoms with van der Waals surface area (Å²) in [4.78, 5) is 20.3. The van der Waals surface area contributed by atoms with Crippen LogP contribution < -0.4 is 10.6 Å². The Morgan fingerprint density at radius 3 is 2.94 bits per heavy atom. The number of hydrogen-bond acceptors (Lipinski definition) is 4. The number of aromatic nitrogens is 2. The number of aryl methyl sites for hydroxylation is 1. The summed E-state index contributed by atoms with van der Waals surface area (Å²) in [7, 11) is 0. The van der Waals surface area contributed by atoms with Gasteiger partial charge < -0.3 is 5.32 Å². The van der Waals surface area contributed by atoms with Crippen LogP contribution in [0.4, 0.5) is 5.95 Å². The summed E-state index contributed by atoms with van der Waals surface area (Å²) in [5.41, 5.74) is 0.747. The zero-order chi connectivity index (χ0) is 12.7. The molecule has 1 aromatic heterocycles. The molecule has 18 heavy (non-hydrogen) atoms. The Morgan fingerprint density at radius 2 is 2.33 bits per heavy atom. The smallest absolute Gasteiger partial charge is 0.231 e. The van der Waals surface area contributed by atoms with Crippen molar-refractivity contribution in [3.8, 4) is 0 Å². The van der Waals surface area contributed by atoms with Gasteiger partial charge in [-0.15, -0.1) is 0 Å². The van der Waals surface area contributed by atoms with Gasteiger partial charge in [0.2, 0.25) is 11.9 Å². The topological polar surface area (TPSA) is 66.9 Å². The molecular formula is C12H15ClN4O. The number of nitrogens with zero attached hydrogens (tertiary/aromatic N) is 2. The average molecular weight is 267 g/mol. The number of fused-ring (bicyclic) bond motifs is 2. The number of halogens is 1. The van der Waals surface area contributed by atoms with Gasteiger partial charge in [-0.3, -0.25) is 10.1 Å². The van der Waals surface area contributed by atoms with E-state index in [0.29, 0.717) is 23.2 Å². The fourth-order valence-electron chi connectivity index (χ4n) is 2.90. The maximum Gasteiger partial charge on any atom is 0.231 e. The highest BCUT2D eigenvalue weighted by Gasteiger charge is 2.42. The minimum Gasteiger partial charge on any atom is -0.310 e. The molecule has 0 aliphatic carbocycles. The number of amides is 1. The number of hydrogen-bond donors (Lipinski definition) is 2. The lowest BCUT2D eigenvalue weighted by Gasteiger charge is -2.18. The summed E-state index contributed by atoms with van der Waals surface area (Å²) < 4.78 is 0. The quantitative estimate of drug-likeness (QED) is 0.797. The Kier molecular flexibility index (Phi) is 2.95. The van der Waals surface area contributed by atoms with E-state index in [0.717, 1.165) is 18.5 Å². The highest BCUT2D eigenvalue weighted by Crippen LogP contribution is 2.33. The first-order valence-electron chi connectivity index (χ1n) is 6.20. The van der Waals surface area contributed by atoms with E-state index in [1.54, 1.807) is 6.07 Å². The molecular weight excluding hydrogens is 252 g/mol. The van der Waals surface area contributed by atoms with E-state index in [-0.39, 0.29) is 11.8 Å². The first-order valence-corrected chi connectivity index (χ1v) is 6.58. The zero-order valence-electron chi connectivity index (χ0n) is 10.1. The number of nitrogens with one attached hydrogen (secondary N) is 2. The molecule has 0 spiro atoms. The fraction of sp³-hybridized carbons (Fsp3) is 0.583. The van der Waals surface area contributed by atoms with Gasteiger partial charge in [0.25, 0.3) is 0 Å². The standard InChI is InChI=1S/C12H15ClN4O/c1-6-4-10(13)16-12(14-6)17-11(18)8-5-7-2-3-9(8)15-7/h4,7-9,15H,2-3,5H2,1H3,(H,14,16,17,18). The average Bonchev–Trinajstić information content (AvgIpc) is 2.88. The molecule has 0 saturated carbocycles. The van der Waals surface area contributed by atoms with Crippen molar-refractivity contribution in [3.05, 3.63) is 16.9 Å². The van der Waals surface area contributed by atoms with Gasteiger partial charge in [0.15, 0.2) is 0 Å². The maximum absolute atomic E-state index is 12.2. The third-order valence-corrected chi connectivity index (χ3v) is 3.89. The van der Waals surface area contributed by atoms with E-state index in [2.05, 4.69) is 20.6 Å². The van der Waals surface area contributed by atoms with E-state index >= 15 is 0 Å². The van der Waals surface area contributed by atoms with Crippen LogP contribution in [-0.2, 0) is 4.79 Å². The largest absolute Gasteiger partial charge is 0.310 e. The molecule has 2 fully saturated rings. The Labute approximate surface area is 110 Å². The lowest BCUT2D eigenvalue weighted by molar-refractivity contribution is -0.120. The predicted molar refractivity (Wildman–Crippen MR) is 68.5 cm³/mol. The number of rotatable bonds is 2. The van der Waals surface area contributed by atoms with Crippen LogP contribution >= 0.6 is 11.6 Å². The van der Waals surface area contributed by atoms with Crippen LogP contribution in [0.3, 0.4) is 0 Å².